The molecule has 4 nitrogen and oxygen atoms in total. The van der Waals surface area contributed by atoms with E-state index in [0.717, 1.165) is 0 Å². The second-order valence-corrected chi connectivity index (χ2v) is 4.18. The van der Waals surface area contributed by atoms with Crippen LogP contribution in [0.3, 0.4) is 0 Å². The highest BCUT2D eigenvalue weighted by Crippen LogP contribution is 2.12. The maximum atomic E-state index is 13.4. The van der Waals surface area contributed by atoms with Gasteiger partial charge in [-0.25, -0.2) is 4.39 Å². The molecule has 0 aliphatic carbocycles. The predicted molar refractivity (Wildman–Crippen MR) is 66.6 cm³/mol. The van der Waals surface area contributed by atoms with Gasteiger partial charge in [-0.2, -0.15) is 0 Å². The standard InChI is InChI=1S/C14H14FNO3/c15-13-7-11(2-1-4-17)6-12(8-13)9-16-3-5-19-10-14(16)18/h6-8,17H,3-5,9-10H2. The third-order valence-corrected chi connectivity index (χ3v) is 2.73. The van der Waals surface area contributed by atoms with Crippen molar-refractivity contribution in [2.24, 2.45) is 0 Å². The number of halogens is 1. The predicted octanol–water partition coefficient (Wildman–Crippen LogP) is 0.528. The normalized spacial score (nSPS) is 15.1. The number of aliphatic hydroxyl groups excluding tert-OH is 1. The van der Waals surface area contributed by atoms with Crippen molar-refractivity contribution in [1.82, 2.24) is 4.90 Å². The van der Waals surface area contributed by atoms with E-state index >= 15 is 0 Å². The summed E-state index contributed by atoms with van der Waals surface area (Å²) >= 11 is 0. The molecule has 1 N–H and O–H groups in total. The fourth-order valence-corrected chi connectivity index (χ4v) is 1.89. The molecule has 1 amide bonds. The summed E-state index contributed by atoms with van der Waals surface area (Å²) in [6, 6.07) is 4.40. The van der Waals surface area contributed by atoms with E-state index in [2.05, 4.69) is 11.8 Å². The minimum atomic E-state index is -0.402. The molecule has 5 heteroatoms. The molecule has 0 radical (unpaired) electrons. The van der Waals surface area contributed by atoms with E-state index in [4.69, 9.17) is 9.84 Å². The van der Waals surface area contributed by atoms with Crippen LogP contribution in [-0.2, 0) is 16.1 Å². The largest absolute Gasteiger partial charge is 0.384 e. The Bertz CT molecular complexity index is 533. The smallest absolute Gasteiger partial charge is 0.248 e. The summed E-state index contributed by atoms with van der Waals surface area (Å²) in [7, 11) is 0. The van der Waals surface area contributed by atoms with Crippen molar-refractivity contribution in [3.63, 3.8) is 0 Å². The first-order chi connectivity index (χ1) is 9.19. The van der Waals surface area contributed by atoms with Gasteiger partial charge in [0.25, 0.3) is 0 Å². The Hall–Kier alpha value is -1.90. The fourth-order valence-electron chi connectivity index (χ4n) is 1.89. The molecule has 1 aliphatic rings. The number of carbonyl (C=O) groups is 1. The van der Waals surface area contributed by atoms with Gasteiger partial charge in [-0.05, 0) is 23.8 Å². The zero-order valence-corrected chi connectivity index (χ0v) is 10.4. The zero-order valence-electron chi connectivity index (χ0n) is 10.4. The number of rotatable bonds is 2. The zero-order chi connectivity index (χ0) is 13.7. The van der Waals surface area contributed by atoms with Gasteiger partial charge in [0.2, 0.25) is 5.91 Å². The monoisotopic (exact) mass is 263 g/mol. The molecule has 19 heavy (non-hydrogen) atoms. The average Bonchev–Trinajstić information content (AvgIpc) is 2.38. The lowest BCUT2D eigenvalue weighted by atomic mass is 10.1. The number of morpholine rings is 1. The van der Waals surface area contributed by atoms with Gasteiger partial charge >= 0.3 is 0 Å². The highest BCUT2D eigenvalue weighted by Gasteiger charge is 2.18. The second kappa shape index (κ2) is 6.32. The van der Waals surface area contributed by atoms with Crippen molar-refractivity contribution in [1.29, 1.82) is 0 Å². The Balaban J connectivity index is 2.15. The summed E-state index contributed by atoms with van der Waals surface area (Å²) in [5, 5.41) is 8.63. The van der Waals surface area contributed by atoms with E-state index in [9.17, 15) is 9.18 Å². The van der Waals surface area contributed by atoms with Crippen molar-refractivity contribution < 1.29 is 19.0 Å². The molecule has 1 saturated heterocycles. The molecule has 0 unspecified atom stereocenters. The highest BCUT2D eigenvalue weighted by molar-refractivity contribution is 5.78. The van der Waals surface area contributed by atoms with Crippen molar-refractivity contribution in [2.45, 2.75) is 6.54 Å². The Morgan fingerprint density at radius 3 is 3.00 bits per heavy atom. The summed E-state index contributed by atoms with van der Waals surface area (Å²) in [5.74, 6) is 4.62. The molecule has 1 aromatic rings. The SMILES string of the molecule is O=C1COCCN1Cc1cc(F)cc(C#CCO)c1. The van der Waals surface area contributed by atoms with Crippen LogP contribution in [0.5, 0.6) is 0 Å². The fraction of sp³-hybridized carbons (Fsp3) is 0.357. The lowest BCUT2D eigenvalue weighted by Gasteiger charge is -2.26. The maximum Gasteiger partial charge on any atom is 0.248 e. The van der Waals surface area contributed by atoms with Gasteiger partial charge in [-0.1, -0.05) is 11.8 Å². The molecular formula is C14H14FNO3. The van der Waals surface area contributed by atoms with Crippen LogP contribution >= 0.6 is 0 Å². The molecule has 1 aromatic carbocycles. The van der Waals surface area contributed by atoms with Crippen molar-refractivity contribution in [3.8, 4) is 11.8 Å². The number of amides is 1. The van der Waals surface area contributed by atoms with Crippen LogP contribution in [0.15, 0.2) is 18.2 Å². The summed E-state index contributed by atoms with van der Waals surface area (Å²) < 4.78 is 18.5. The molecule has 1 aliphatic heterocycles. The van der Waals surface area contributed by atoms with Crippen LogP contribution < -0.4 is 0 Å². The minimum Gasteiger partial charge on any atom is -0.384 e. The number of hydrogen-bond donors (Lipinski definition) is 1. The molecule has 0 saturated carbocycles. The van der Waals surface area contributed by atoms with Crippen LogP contribution in [0.1, 0.15) is 11.1 Å². The number of benzene rings is 1. The Kier molecular flexibility index (Phi) is 4.50. The van der Waals surface area contributed by atoms with Gasteiger partial charge in [-0.15, -0.1) is 0 Å². The topological polar surface area (TPSA) is 49.8 Å². The maximum absolute atomic E-state index is 13.4. The van der Waals surface area contributed by atoms with Crippen molar-refractivity contribution in [2.75, 3.05) is 26.4 Å². The van der Waals surface area contributed by atoms with Gasteiger partial charge in [0.1, 0.15) is 19.0 Å². The molecule has 100 valence electrons. The van der Waals surface area contributed by atoms with Gasteiger partial charge in [0, 0.05) is 18.7 Å². The van der Waals surface area contributed by atoms with Gasteiger partial charge < -0.3 is 14.7 Å². The number of carbonyl (C=O) groups excluding carboxylic acids is 1. The molecule has 0 bridgehead atoms. The molecule has 0 atom stereocenters. The lowest BCUT2D eigenvalue weighted by molar-refractivity contribution is -0.143. The third kappa shape index (κ3) is 3.78. The van der Waals surface area contributed by atoms with E-state index in [1.807, 2.05) is 0 Å². The molecule has 1 heterocycles. The molecule has 0 aromatic heterocycles. The average molecular weight is 263 g/mol. The van der Waals surface area contributed by atoms with Crippen molar-refractivity contribution >= 4 is 5.91 Å². The van der Waals surface area contributed by atoms with E-state index in [1.54, 1.807) is 11.0 Å². The van der Waals surface area contributed by atoms with Gasteiger partial charge in [0.05, 0.1) is 6.61 Å². The van der Waals surface area contributed by atoms with E-state index in [1.165, 1.54) is 12.1 Å². The number of hydrogen-bond acceptors (Lipinski definition) is 3. The number of ether oxygens (including phenoxy) is 1. The molecule has 0 spiro atoms. The lowest BCUT2D eigenvalue weighted by Crippen LogP contribution is -2.40. The second-order valence-electron chi connectivity index (χ2n) is 4.18. The first-order valence-corrected chi connectivity index (χ1v) is 5.94. The summed E-state index contributed by atoms with van der Waals surface area (Å²) in [6.07, 6.45) is 0. The summed E-state index contributed by atoms with van der Waals surface area (Å²) in [4.78, 5) is 13.2. The Morgan fingerprint density at radius 1 is 1.42 bits per heavy atom. The first-order valence-electron chi connectivity index (χ1n) is 5.94. The van der Waals surface area contributed by atoms with Crippen molar-refractivity contribution in [3.05, 3.63) is 35.1 Å². The summed E-state index contributed by atoms with van der Waals surface area (Å²) in [5.41, 5.74) is 1.17. The van der Waals surface area contributed by atoms with Crippen LogP contribution in [0.25, 0.3) is 0 Å². The Labute approximate surface area is 110 Å². The quantitative estimate of drug-likeness (QED) is 0.792. The highest BCUT2D eigenvalue weighted by atomic mass is 19.1. The summed E-state index contributed by atoms with van der Waals surface area (Å²) in [6.45, 7) is 1.15. The van der Waals surface area contributed by atoms with E-state index in [-0.39, 0.29) is 19.1 Å². The first kappa shape index (κ1) is 13.5. The van der Waals surface area contributed by atoms with Crippen LogP contribution in [0, 0.1) is 17.7 Å². The van der Waals surface area contributed by atoms with E-state index < -0.39 is 5.82 Å². The Morgan fingerprint density at radius 2 is 2.26 bits per heavy atom. The van der Waals surface area contributed by atoms with Crippen LogP contribution in [-0.4, -0.2) is 42.3 Å². The third-order valence-electron chi connectivity index (χ3n) is 2.73. The number of aliphatic hydroxyl groups is 1. The van der Waals surface area contributed by atoms with Gasteiger partial charge in [-0.3, -0.25) is 4.79 Å². The molecule has 1 fully saturated rings. The minimum absolute atomic E-state index is 0.0759. The van der Waals surface area contributed by atoms with Gasteiger partial charge in [0.15, 0.2) is 0 Å². The molecule has 2 rings (SSSR count). The van der Waals surface area contributed by atoms with Crippen LogP contribution in [0.4, 0.5) is 4.39 Å². The molecular weight excluding hydrogens is 249 g/mol. The number of nitrogens with zero attached hydrogens (tertiary/aromatic N) is 1. The van der Waals surface area contributed by atoms with Crippen LogP contribution in [0.2, 0.25) is 0 Å². The van der Waals surface area contributed by atoms with E-state index in [0.29, 0.717) is 30.8 Å².